The highest BCUT2D eigenvalue weighted by Gasteiger charge is 2.14. The molecule has 1 amide bonds. The largest absolute Gasteiger partial charge is 0.354 e. The molecule has 0 aliphatic rings. The van der Waals surface area contributed by atoms with E-state index in [0.717, 1.165) is 27.5 Å². The van der Waals surface area contributed by atoms with E-state index in [2.05, 4.69) is 15.0 Å². The number of aromatic nitrogens is 2. The van der Waals surface area contributed by atoms with E-state index < -0.39 is 10.0 Å². The maximum absolute atomic E-state index is 12.3. The Morgan fingerprint density at radius 3 is 2.55 bits per heavy atom. The van der Waals surface area contributed by atoms with Crippen molar-refractivity contribution in [1.29, 1.82) is 0 Å². The number of carbonyl (C=O) groups is 1. The summed E-state index contributed by atoms with van der Waals surface area (Å²) in [4.78, 5) is 18.0. The number of carbonyl (C=O) groups excluding carboxylic acids is 1. The first-order valence-electron chi connectivity index (χ1n) is 9.76. The van der Waals surface area contributed by atoms with Crippen LogP contribution in [0.1, 0.15) is 11.3 Å². The lowest BCUT2D eigenvalue weighted by Crippen LogP contribution is -2.35. The molecule has 31 heavy (non-hydrogen) atoms. The van der Waals surface area contributed by atoms with Crippen LogP contribution in [0.2, 0.25) is 0 Å². The van der Waals surface area contributed by atoms with Gasteiger partial charge in [-0.15, -0.1) is 11.3 Å². The van der Waals surface area contributed by atoms with E-state index >= 15 is 0 Å². The molecule has 0 saturated heterocycles. The first-order valence-corrected chi connectivity index (χ1v) is 12.1. The molecule has 2 aromatic heterocycles. The van der Waals surface area contributed by atoms with Gasteiger partial charge in [-0.1, -0.05) is 48.0 Å². The van der Waals surface area contributed by atoms with Crippen LogP contribution in [0.3, 0.4) is 0 Å². The molecule has 7 nitrogen and oxygen atoms in total. The minimum absolute atomic E-state index is 0.115. The molecular weight excluding hydrogens is 432 g/mol. The Balaban J connectivity index is 1.31. The van der Waals surface area contributed by atoms with Crippen LogP contribution in [0.15, 0.2) is 71.1 Å². The lowest BCUT2D eigenvalue weighted by atomic mass is 10.2. The van der Waals surface area contributed by atoms with Crippen LogP contribution >= 0.6 is 11.3 Å². The zero-order valence-electron chi connectivity index (χ0n) is 16.9. The number of aryl methyl sites for hydroxylation is 1. The fourth-order valence-electron chi connectivity index (χ4n) is 3.12. The van der Waals surface area contributed by atoms with Gasteiger partial charge in [0.15, 0.2) is 4.96 Å². The molecule has 2 N–H and O–H groups in total. The topological polar surface area (TPSA) is 92.6 Å². The van der Waals surface area contributed by atoms with Crippen molar-refractivity contribution >= 4 is 32.2 Å². The maximum Gasteiger partial charge on any atom is 0.240 e. The molecule has 2 heterocycles. The standard InChI is InChI=1S/C22H22N4O3S2/c1-16-7-9-19(10-8-16)31(28,29)24-12-11-23-21(27)13-18-15-30-22-25-20(14-26(18)22)17-5-3-2-4-6-17/h2-10,14-15,24H,11-13H2,1H3,(H,23,27). The molecule has 9 heteroatoms. The van der Waals surface area contributed by atoms with E-state index in [9.17, 15) is 13.2 Å². The molecule has 0 aliphatic carbocycles. The van der Waals surface area contributed by atoms with Crippen molar-refractivity contribution in [3.05, 3.63) is 77.4 Å². The molecule has 0 radical (unpaired) electrons. The molecule has 0 fully saturated rings. The fourth-order valence-corrected chi connectivity index (χ4v) is 5.02. The van der Waals surface area contributed by atoms with Gasteiger partial charge in [0.2, 0.25) is 15.9 Å². The summed E-state index contributed by atoms with van der Waals surface area (Å²) < 4.78 is 29.0. The quantitative estimate of drug-likeness (QED) is 0.400. The van der Waals surface area contributed by atoms with Gasteiger partial charge in [-0.3, -0.25) is 9.20 Å². The first-order chi connectivity index (χ1) is 14.9. The van der Waals surface area contributed by atoms with Crippen LogP contribution in [0.25, 0.3) is 16.2 Å². The number of rotatable bonds is 8. The number of hydrogen-bond acceptors (Lipinski definition) is 5. The third-order valence-electron chi connectivity index (χ3n) is 4.77. The fraction of sp³-hybridized carbons (Fsp3) is 0.182. The monoisotopic (exact) mass is 454 g/mol. The van der Waals surface area contributed by atoms with E-state index in [0.29, 0.717) is 0 Å². The van der Waals surface area contributed by atoms with Crippen molar-refractivity contribution in [2.45, 2.75) is 18.2 Å². The number of nitrogens with zero attached hydrogens (tertiary/aromatic N) is 2. The SMILES string of the molecule is Cc1ccc(S(=O)(=O)NCCNC(=O)Cc2csc3nc(-c4ccccc4)cn23)cc1. The first kappa shape index (κ1) is 21.2. The van der Waals surface area contributed by atoms with Gasteiger partial charge in [0.1, 0.15) is 0 Å². The van der Waals surface area contributed by atoms with Crippen LogP contribution < -0.4 is 10.0 Å². The van der Waals surface area contributed by atoms with Gasteiger partial charge in [0.05, 0.1) is 17.0 Å². The zero-order chi connectivity index (χ0) is 21.8. The van der Waals surface area contributed by atoms with Crippen molar-refractivity contribution in [2.75, 3.05) is 13.1 Å². The molecule has 4 aromatic rings. The number of sulfonamides is 1. The number of imidazole rings is 1. The van der Waals surface area contributed by atoms with Gasteiger partial charge in [0.25, 0.3) is 0 Å². The average molecular weight is 455 g/mol. The predicted molar refractivity (Wildman–Crippen MR) is 122 cm³/mol. The molecule has 0 aliphatic heterocycles. The Morgan fingerprint density at radius 2 is 1.81 bits per heavy atom. The van der Waals surface area contributed by atoms with Crippen LogP contribution in [-0.4, -0.2) is 36.8 Å². The van der Waals surface area contributed by atoms with Gasteiger partial charge in [-0.25, -0.2) is 18.1 Å². The second-order valence-electron chi connectivity index (χ2n) is 7.11. The van der Waals surface area contributed by atoms with Crippen LogP contribution in [0.5, 0.6) is 0 Å². The second kappa shape index (κ2) is 9.01. The zero-order valence-corrected chi connectivity index (χ0v) is 18.5. The van der Waals surface area contributed by atoms with E-state index in [4.69, 9.17) is 0 Å². The number of hydrogen-bond donors (Lipinski definition) is 2. The summed E-state index contributed by atoms with van der Waals surface area (Å²) in [7, 11) is -3.59. The van der Waals surface area contributed by atoms with E-state index in [1.54, 1.807) is 24.3 Å². The van der Waals surface area contributed by atoms with Crippen LogP contribution in [-0.2, 0) is 21.2 Å². The third-order valence-corrected chi connectivity index (χ3v) is 7.13. The molecule has 0 atom stereocenters. The van der Waals surface area contributed by atoms with Crippen molar-refractivity contribution in [1.82, 2.24) is 19.4 Å². The number of nitrogens with one attached hydrogen (secondary N) is 2. The Kier molecular flexibility index (Phi) is 6.17. The van der Waals surface area contributed by atoms with Gasteiger partial charge >= 0.3 is 0 Å². The van der Waals surface area contributed by atoms with Gasteiger partial charge in [-0.2, -0.15) is 0 Å². The van der Waals surface area contributed by atoms with Crippen LogP contribution in [0, 0.1) is 6.92 Å². The van der Waals surface area contributed by atoms with E-state index in [1.807, 2.05) is 53.2 Å². The lowest BCUT2D eigenvalue weighted by Gasteiger charge is -2.08. The maximum atomic E-state index is 12.3. The minimum Gasteiger partial charge on any atom is -0.354 e. The van der Waals surface area contributed by atoms with Crippen molar-refractivity contribution in [3.63, 3.8) is 0 Å². The summed E-state index contributed by atoms with van der Waals surface area (Å²) in [6, 6.07) is 16.5. The van der Waals surface area contributed by atoms with Crippen LogP contribution in [0.4, 0.5) is 0 Å². The Bertz CT molecular complexity index is 1290. The Hall–Kier alpha value is -3.01. The normalized spacial score (nSPS) is 11.6. The highest BCUT2D eigenvalue weighted by atomic mass is 32.2. The average Bonchev–Trinajstić information content (AvgIpc) is 3.34. The number of fused-ring (bicyclic) bond motifs is 1. The smallest absolute Gasteiger partial charge is 0.240 e. The summed E-state index contributed by atoms with van der Waals surface area (Å²) in [5.41, 5.74) is 3.71. The molecule has 0 bridgehead atoms. The van der Waals surface area contributed by atoms with Crippen molar-refractivity contribution in [2.24, 2.45) is 0 Å². The molecule has 4 rings (SSSR count). The third kappa shape index (κ3) is 5.01. The molecule has 0 saturated carbocycles. The lowest BCUT2D eigenvalue weighted by molar-refractivity contribution is -0.120. The van der Waals surface area contributed by atoms with Crippen molar-refractivity contribution in [3.8, 4) is 11.3 Å². The second-order valence-corrected chi connectivity index (χ2v) is 9.71. The molecule has 0 unspecified atom stereocenters. The molecule has 0 spiro atoms. The van der Waals surface area contributed by atoms with Gasteiger partial charge in [-0.05, 0) is 19.1 Å². The summed E-state index contributed by atoms with van der Waals surface area (Å²) in [6.07, 6.45) is 2.12. The molecule has 2 aromatic carbocycles. The Labute approximate surface area is 184 Å². The summed E-state index contributed by atoms with van der Waals surface area (Å²) in [6.45, 7) is 2.22. The van der Waals surface area contributed by atoms with Crippen molar-refractivity contribution < 1.29 is 13.2 Å². The van der Waals surface area contributed by atoms with E-state index in [1.165, 1.54) is 11.3 Å². The summed E-state index contributed by atoms with van der Waals surface area (Å²) in [5.74, 6) is -0.177. The Morgan fingerprint density at radius 1 is 1.06 bits per heavy atom. The minimum atomic E-state index is -3.59. The number of amides is 1. The highest BCUT2D eigenvalue weighted by Crippen LogP contribution is 2.23. The number of benzene rings is 2. The number of thiazole rings is 1. The highest BCUT2D eigenvalue weighted by molar-refractivity contribution is 7.89. The van der Waals surface area contributed by atoms with Gasteiger partial charge < -0.3 is 5.32 Å². The molecular formula is C22H22N4O3S2. The van der Waals surface area contributed by atoms with E-state index in [-0.39, 0.29) is 30.3 Å². The predicted octanol–water partition coefficient (Wildman–Crippen LogP) is 3.01. The van der Waals surface area contributed by atoms with Gasteiger partial charge in [0, 0.05) is 35.9 Å². The molecule has 160 valence electrons. The summed E-state index contributed by atoms with van der Waals surface area (Å²) in [5, 5.41) is 4.68. The summed E-state index contributed by atoms with van der Waals surface area (Å²) >= 11 is 1.48.